The number of benzene rings is 3. The Bertz CT molecular complexity index is 1240. The van der Waals surface area contributed by atoms with Crippen molar-refractivity contribution in [1.29, 1.82) is 0 Å². The van der Waals surface area contributed by atoms with Crippen molar-refractivity contribution in [3.8, 4) is 5.75 Å². The van der Waals surface area contributed by atoms with Gasteiger partial charge in [-0.3, -0.25) is 4.79 Å². The SMILES string of the molecule is Cc1cc(C)cc(/C=C/[C@@H]2CC(=O)N2C(=O)Oc2ccccc2)c1.O=C1N[C@@H](c2ccccc2)CO1. The minimum absolute atomic E-state index is 0.0266. The topological polar surface area (TPSA) is 84.9 Å². The van der Waals surface area contributed by atoms with Crippen LogP contribution in [0.3, 0.4) is 0 Å². The van der Waals surface area contributed by atoms with Crippen LogP contribution in [-0.2, 0) is 9.53 Å². The molecule has 2 heterocycles. The summed E-state index contributed by atoms with van der Waals surface area (Å²) in [5.41, 5.74) is 4.51. The fourth-order valence-electron chi connectivity index (χ4n) is 4.05. The lowest BCUT2D eigenvalue weighted by molar-refractivity contribution is -0.139. The minimum atomic E-state index is -0.632. The number of β-lactam (4-membered cyclic amide) rings is 1. The zero-order valence-electron chi connectivity index (χ0n) is 20.2. The maximum atomic E-state index is 12.2. The highest BCUT2D eigenvalue weighted by Gasteiger charge is 2.40. The van der Waals surface area contributed by atoms with Crippen molar-refractivity contribution in [1.82, 2.24) is 10.2 Å². The summed E-state index contributed by atoms with van der Waals surface area (Å²) < 4.78 is 10.0. The van der Waals surface area contributed by atoms with Crippen LogP contribution in [0.4, 0.5) is 9.59 Å². The largest absolute Gasteiger partial charge is 0.447 e. The molecule has 0 radical (unpaired) electrons. The second-order valence-electron chi connectivity index (χ2n) is 8.70. The Labute approximate surface area is 210 Å². The van der Waals surface area contributed by atoms with Crippen LogP contribution in [0.1, 0.15) is 34.7 Å². The number of hydrogen-bond acceptors (Lipinski definition) is 5. The minimum Gasteiger partial charge on any atom is -0.447 e. The Morgan fingerprint density at radius 1 is 0.972 bits per heavy atom. The average molecular weight is 485 g/mol. The summed E-state index contributed by atoms with van der Waals surface area (Å²) in [6, 6.07) is 24.5. The van der Waals surface area contributed by atoms with E-state index in [9.17, 15) is 14.4 Å². The van der Waals surface area contributed by atoms with Crippen LogP contribution in [0.15, 0.2) is 84.9 Å². The van der Waals surface area contributed by atoms with Gasteiger partial charge >= 0.3 is 12.2 Å². The van der Waals surface area contributed by atoms with Gasteiger partial charge in [0.15, 0.2) is 0 Å². The molecule has 0 aliphatic carbocycles. The molecular weight excluding hydrogens is 456 g/mol. The van der Waals surface area contributed by atoms with Crippen LogP contribution in [0, 0.1) is 13.8 Å². The Morgan fingerprint density at radius 2 is 1.61 bits per heavy atom. The number of amides is 3. The molecule has 2 atom stereocenters. The quantitative estimate of drug-likeness (QED) is 0.489. The van der Waals surface area contributed by atoms with Crippen molar-refractivity contribution in [3.63, 3.8) is 0 Å². The van der Waals surface area contributed by atoms with E-state index in [1.54, 1.807) is 24.3 Å². The first-order valence-electron chi connectivity index (χ1n) is 11.7. The number of imide groups is 1. The average Bonchev–Trinajstić information content (AvgIpc) is 3.29. The maximum absolute atomic E-state index is 12.2. The molecule has 7 nitrogen and oxygen atoms in total. The summed E-state index contributed by atoms with van der Waals surface area (Å²) in [5, 5.41) is 2.71. The molecule has 184 valence electrons. The van der Waals surface area contributed by atoms with Crippen molar-refractivity contribution < 1.29 is 23.9 Å². The second kappa shape index (κ2) is 11.4. The molecule has 7 heteroatoms. The molecule has 3 aromatic carbocycles. The molecule has 2 saturated heterocycles. The Kier molecular flexibility index (Phi) is 7.80. The molecule has 0 unspecified atom stereocenters. The van der Waals surface area contributed by atoms with E-state index < -0.39 is 6.09 Å². The third-order valence-corrected chi connectivity index (χ3v) is 5.76. The second-order valence-corrected chi connectivity index (χ2v) is 8.70. The summed E-state index contributed by atoms with van der Waals surface area (Å²) >= 11 is 0. The summed E-state index contributed by atoms with van der Waals surface area (Å²) in [6.45, 7) is 4.52. The lowest BCUT2D eigenvalue weighted by Gasteiger charge is -2.35. The van der Waals surface area contributed by atoms with Crippen LogP contribution in [-0.4, -0.2) is 35.6 Å². The van der Waals surface area contributed by atoms with E-state index in [2.05, 4.69) is 23.5 Å². The summed E-state index contributed by atoms with van der Waals surface area (Å²) in [7, 11) is 0. The molecule has 36 heavy (non-hydrogen) atoms. The number of aryl methyl sites for hydroxylation is 2. The van der Waals surface area contributed by atoms with Crippen LogP contribution < -0.4 is 10.1 Å². The lowest BCUT2D eigenvalue weighted by atomic mass is 10.0. The number of carbonyl (C=O) groups is 3. The Hall–Kier alpha value is -4.39. The molecule has 1 N–H and O–H groups in total. The van der Waals surface area contributed by atoms with Gasteiger partial charge in [0.05, 0.1) is 18.5 Å². The predicted octanol–water partition coefficient (Wildman–Crippen LogP) is 5.58. The van der Waals surface area contributed by atoms with Gasteiger partial charge in [0.1, 0.15) is 12.4 Å². The Balaban J connectivity index is 0.000000211. The van der Waals surface area contributed by atoms with Crippen LogP contribution in [0.25, 0.3) is 6.08 Å². The molecule has 0 bridgehead atoms. The normalized spacial score (nSPS) is 18.6. The number of nitrogens with zero attached hydrogens (tertiary/aromatic N) is 1. The summed E-state index contributed by atoms with van der Waals surface area (Å²) in [5.74, 6) is 0.213. The summed E-state index contributed by atoms with van der Waals surface area (Å²) in [6.07, 6.45) is 3.18. The number of para-hydroxylation sites is 1. The van der Waals surface area contributed by atoms with Crippen LogP contribution >= 0.6 is 0 Å². The van der Waals surface area contributed by atoms with E-state index in [0.29, 0.717) is 18.8 Å². The van der Waals surface area contributed by atoms with Crippen molar-refractivity contribution in [2.45, 2.75) is 32.4 Å². The molecule has 2 aliphatic heterocycles. The molecule has 2 fully saturated rings. The van der Waals surface area contributed by atoms with Crippen molar-refractivity contribution >= 4 is 24.2 Å². The molecule has 2 aliphatic rings. The smallest absolute Gasteiger partial charge is 0.422 e. The first-order chi connectivity index (χ1) is 17.4. The number of likely N-dealkylation sites (tertiary alicyclic amines) is 1. The lowest BCUT2D eigenvalue weighted by Crippen LogP contribution is -2.55. The molecule has 3 amide bonds. The van der Waals surface area contributed by atoms with Gasteiger partial charge in [-0.25, -0.2) is 14.5 Å². The molecule has 3 aromatic rings. The van der Waals surface area contributed by atoms with Crippen molar-refractivity contribution in [2.24, 2.45) is 0 Å². The van der Waals surface area contributed by atoms with Gasteiger partial charge in [-0.1, -0.05) is 90.0 Å². The van der Waals surface area contributed by atoms with Gasteiger partial charge in [0.2, 0.25) is 5.91 Å². The fraction of sp³-hybridized carbons (Fsp3) is 0.207. The van der Waals surface area contributed by atoms with E-state index in [0.717, 1.165) is 16.0 Å². The van der Waals surface area contributed by atoms with E-state index in [-0.39, 0.29) is 24.1 Å². The number of alkyl carbamates (subject to hydrolysis) is 1. The highest BCUT2D eigenvalue weighted by Crippen LogP contribution is 2.24. The van der Waals surface area contributed by atoms with Gasteiger partial charge < -0.3 is 14.8 Å². The molecule has 5 rings (SSSR count). The first-order valence-corrected chi connectivity index (χ1v) is 11.7. The number of carbonyl (C=O) groups excluding carboxylic acids is 3. The Morgan fingerprint density at radius 3 is 2.19 bits per heavy atom. The first kappa shape index (κ1) is 24.7. The van der Waals surface area contributed by atoms with Gasteiger partial charge in [0.25, 0.3) is 0 Å². The zero-order chi connectivity index (χ0) is 25.5. The van der Waals surface area contributed by atoms with Gasteiger partial charge in [0, 0.05) is 0 Å². The zero-order valence-corrected chi connectivity index (χ0v) is 20.2. The van der Waals surface area contributed by atoms with Crippen LogP contribution in [0.5, 0.6) is 5.75 Å². The third-order valence-electron chi connectivity index (χ3n) is 5.76. The molecule has 0 aromatic heterocycles. The maximum Gasteiger partial charge on any atom is 0.422 e. The summed E-state index contributed by atoms with van der Waals surface area (Å²) in [4.78, 5) is 35.8. The predicted molar refractivity (Wildman–Crippen MR) is 136 cm³/mol. The number of ether oxygens (including phenoxy) is 2. The molecular formula is C29H28N2O5. The highest BCUT2D eigenvalue weighted by atomic mass is 16.6. The molecule has 0 saturated carbocycles. The standard InChI is InChI=1S/C20H19NO3.C9H9NO2/c1-14-10-15(2)12-16(11-14)8-9-17-13-19(22)21(17)20(23)24-18-6-4-3-5-7-18;11-9-10-8(6-12-9)7-4-2-1-3-5-7/h3-12,17H,13H2,1-2H3;1-5,8H,6H2,(H,10,11)/b9-8+;/t17-;8-/m11/s1. The third kappa shape index (κ3) is 6.39. The van der Waals surface area contributed by atoms with E-state index in [1.165, 1.54) is 11.1 Å². The number of rotatable bonds is 4. The molecule has 0 spiro atoms. The van der Waals surface area contributed by atoms with Gasteiger partial charge in [-0.2, -0.15) is 0 Å². The highest BCUT2D eigenvalue weighted by molar-refractivity contribution is 5.99. The van der Waals surface area contributed by atoms with Gasteiger partial charge in [-0.15, -0.1) is 0 Å². The van der Waals surface area contributed by atoms with E-state index >= 15 is 0 Å². The number of hydrogen-bond donors (Lipinski definition) is 1. The number of cyclic esters (lactones) is 1. The fourth-order valence-corrected chi connectivity index (χ4v) is 4.05. The van der Waals surface area contributed by atoms with Gasteiger partial charge in [-0.05, 0) is 37.1 Å². The monoisotopic (exact) mass is 484 g/mol. The van der Waals surface area contributed by atoms with Crippen molar-refractivity contribution in [3.05, 3.63) is 107 Å². The van der Waals surface area contributed by atoms with Crippen molar-refractivity contribution in [2.75, 3.05) is 6.61 Å². The van der Waals surface area contributed by atoms with E-state index in [1.807, 2.05) is 62.4 Å². The number of nitrogens with one attached hydrogen (secondary N) is 1. The van der Waals surface area contributed by atoms with E-state index in [4.69, 9.17) is 9.47 Å². The van der Waals surface area contributed by atoms with Crippen LogP contribution in [0.2, 0.25) is 0 Å².